The number of nitrogens with one attached hydrogen (secondary N) is 1. The highest BCUT2D eigenvalue weighted by Crippen LogP contribution is 2.13. The highest BCUT2D eigenvalue weighted by Gasteiger charge is 2.21. The minimum atomic E-state index is -3.47. The average Bonchev–Trinajstić information content (AvgIpc) is 2.22. The molecular weight excluding hydrogens is 286 g/mol. The third-order valence-corrected chi connectivity index (χ3v) is 4.84. The fraction of sp³-hybridized carbons (Fsp3) is 0.467. The van der Waals surface area contributed by atoms with Crippen LogP contribution in [-0.4, -0.2) is 22.0 Å². The summed E-state index contributed by atoms with van der Waals surface area (Å²) in [5.74, 6) is 3.11. The van der Waals surface area contributed by atoms with Gasteiger partial charge >= 0.3 is 0 Å². The molecular formula is C15H23NO2SSi. The van der Waals surface area contributed by atoms with Crippen LogP contribution >= 0.6 is 0 Å². The van der Waals surface area contributed by atoms with Crippen molar-refractivity contribution in [3.05, 3.63) is 29.8 Å². The lowest BCUT2D eigenvalue weighted by Gasteiger charge is -2.20. The topological polar surface area (TPSA) is 46.2 Å². The van der Waals surface area contributed by atoms with Gasteiger partial charge in [0.25, 0.3) is 0 Å². The van der Waals surface area contributed by atoms with Crippen molar-refractivity contribution in [2.45, 2.75) is 50.8 Å². The van der Waals surface area contributed by atoms with Gasteiger partial charge in [0.2, 0.25) is 10.0 Å². The fourth-order valence-electron chi connectivity index (χ4n) is 1.44. The Morgan fingerprint density at radius 2 is 1.55 bits per heavy atom. The second-order valence-electron chi connectivity index (χ2n) is 6.88. The van der Waals surface area contributed by atoms with Crippen molar-refractivity contribution in [2.24, 2.45) is 0 Å². The van der Waals surface area contributed by atoms with Crippen LogP contribution in [0.15, 0.2) is 29.2 Å². The lowest BCUT2D eigenvalue weighted by Crippen LogP contribution is -2.40. The van der Waals surface area contributed by atoms with E-state index in [-0.39, 0.29) is 4.90 Å². The molecule has 0 amide bonds. The molecule has 110 valence electrons. The summed E-state index contributed by atoms with van der Waals surface area (Å²) in [6, 6.07) is 6.71. The number of hydrogen-bond donors (Lipinski definition) is 1. The van der Waals surface area contributed by atoms with Crippen molar-refractivity contribution in [3.8, 4) is 11.5 Å². The first-order valence-electron chi connectivity index (χ1n) is 6.56. The zero-order valence-electron chi connectivity index (χ0n) is 13.0. The molecule has 0 atom stereocenters. The van der Waals surface area contributed by atoms with Gasteiger partial charge in [-0.15, -0.1) is 5.54 Å². The van der Waals surface area contributed by atoms with Gasteiger partial charge in [0, 0.05) is 11.1 Å². The number of hydrogen-bond acceptors (Lipinski definition) is 2. The minimum absolute atomic E-state index is 0.269. The van der Waals surface area contributed by atoms with Crippen LogP contribution in [0.1, 0.15) is 26.3 Å². The summed E-state index contributed by atoms with van der Waals surface area (Å²) in [4.78, 5) is 0.269. The standard InChI is InChI=1S/C15H23NO2SSi/c1-15(2,3)16-19(17,18)14-9-7-13(8-10-14)11-12-20(4,5)6/h7-10,16H,1-6H3. The van der Waals surface area contributed by atoms with Gasteiger partial charge in [0.15, 0.2) is 0 Å². The Hall–Kier alpha value is -1.09. The van der Waals surface area contributed by atoms with Crippen molar-refractivity contribution >= 4 is 18.1 Å². The van der Waals surface area contributed by atoms with Crippen LogP contribution < -0.4 is 4.72 Å². The van der Waals surface area contributed by atoms with Gasteiger partial charge in [0.05, 0.1) is 4.90 Å². The molecule has 0 saturated carbocycles. The molecule has 1 aromatic rings. The molecule has 0 spiro atoms. The van der Waals surface area contributed by atoms with Gasteiger partial charge in [0.1, 0.15) is 8.07 Å². The van der Waals surface area contributed by atoms with Crippen molar-refractivity contribution in [1.29, 1.82) is 0 Å². The van der Waals surface area contributed by atoms with Crippen molar-refractivity contribution in [1.82, 2.24) is 4.72 Å². The molecule has 0 bridgehead atoms. The Morgan fingerprint density at radius 1 is 1.05 bits per heavy atom. The van der Waals surface area contributed by atoms with Crippen LogP contribution in [0, 0.1) is 11.5 Å². The number of rotatable bonds is 2. The normalized spacial score (nSPS) is 12.7. The smallest absolute Gasteiger partial charge is 0.207 e. The summed E-state index contributed by atoms with van der Waals surface area (Å²) in [7, 11) is -4.88. The molecule has 0 radical (unpaired) electrons. The van der Waals surface area contributed by atoms with Crippen LogP contribution in [0.2, 0.25) is 19.6 Å². The van der Waals surface area contributed by atoms with E-state index in [1.165, 1.54) is 0 Å². The van der Waals surface area contributed by atoms with Crippen LogP contribution in [0.25, 0.3) is 0 Å². The molecule has 20 heavy (non-hydrogen) atoms. The quantitative estimate of drug-likeness (QED) is 0.674. The maximum Gasteiger partial charge on any atom is 0.241 e. The SMILES string of the molecule is CC(C)(C)NS(=O)(=O)c1ccc(C#C[Si](C)(C)C)cc1. The Bertz CT molecular complexity index is 624. The Kier molecular flexibility index (Phi) is 4.85. The van der Waals surface area contributed by atoms with E-state index in [0.717, 1.165) is 5.56 Å². The minimum Gasteiger partial charge on any atom is -0.207 e. The summed E-state index contributed by atoms with van der Waals surface area (Å²) >= 11 is 0. The van der Waals surface area contributed by atoms with Crippen molar-refractivity contribution < 1.29 is 8.42 Å². The van der Waals surface area contributed by atoms with E-state index in [0.29, 0.717) is 0 Å². The molecule has 0 aliphatic rings. The molecule has 1 N–H and O–H groups in total. The predicted molar refractivity (Wildman–Crippen MR) is 86.7 cm³/mol. The first-order chi connectivity index (χ1) is 8.89. The summed E-state index contributed by atoms with van der Waals surface area (Å²) in [6.45, 7) is 12.0. The first kappa shape index (κ1) is 17.0. The van der Waals surface area contributed by atoms with Gasteiger partial charge in [-0.3, -0.25) is 0 Å². The Morgan fingerprint density at radius 3 is 1.95 bits per heavy atom. The van der Waals surface area contributed by atoms with Gasteiger partial charge in [-0.05, 0) is 45.0 Å². The van der Waals surface area contributed by atoms with Crippen LogP contribution in [-0.2, 0) is 10.0 Å². The van der Waals surface area contributed by atoms with Crippen LogP contribution in [0.4, 0.5) is 0 Å². The molecule has 0 aliphatic heterocycles. The second-order valence-corrected chi connectivity index (χ2v) is 13.3. The average molecular weight is 310 g/mol. The molecule has 0 saturated heterocycles. The van der Waals surface area contributed by atoms with Gasteiger partial charge < -0.3 is 0 Å². The molecule has 0 aliphatic carbocycles. The maximum absolute atomic E-state index is 12.1. The molecule has 1 rings (SSSR count). The van der Waals surface area contributed by atoms with E-state index in [1.807, 2.05) is 20.8 Å². The van der Waals surface area contributed by atoms with E-state index < -0.39 is 23.6 Å². The Labute approximate surface area is 123 Å². The molecule has 1 aromatic carbocycles. The summed E-state index contributed by atoms with van der Waals surface area (Å²) in [5, 5.41) is 0. The second kappa shape index (κ2) is 5.72. The molecule has 0 heterocycles. The first-order valence-corrected chi connectivity index (χ1v) is 11.5. The van der Waals surface area contributed by atoms with Crippen LogP contribution in [0.5, 0.6) is 0 Å². The lowest BCUT2D eigenvalue weighted by molar-refractivity contribution is 0.491. The lowest BCUT2D eigenvalue weighted by atomic mass is 10.1. The molecule has 5 heteroatoms. The largest absolute Gasteiger partial charge is 0.241 e. The summed E-state index contributed by atoms with van der Waals surface area (Å²) in [6.07, 6.45) is 0. The van der Waals surface area contributed by atoms with E-state index in [9.17, 15) is 8.42 Å². The van der Waals surface area contributed by atoms with Crippen molar-refractivity contribution in [3.63, 3.8) is 0 Å². The summed E-state index contributed by atoms with van der Waals surface area (Å²) < 4.78 is 26.9. The Balaban J connectivity index is 3.00. The molecule has 0 aromatic heterocycles. The zero-order chi connectivity index (χ0) is 15.6. The van der Waals surface area contributed by atoms with E-state index in [1.54, 1.807) is 24.3 Å². The maximum atomic E-state index is 12.1. The van der Waals surface area contributed by atoms with E-state index >= 15 is 0 Å². The zero-order valence-corrected chi connectivity index (χ0v) is 14.9. The van der Waals surface area contributed by atoms with Crippen molar-refractivity contribution in [2.75, 3.05) is 0 Å². The van der Waals surface area contributed by atoms with E-state index in [4.69, 9.17) is 0 Å². The monoisotopic (exact) mass is 309 g/mol. The third kappa shape index (κ3) is 5.91. The third-order valence-electron chi connectivity index (χ3n) is 2.19. The molecule has 0 fully saturated rings. The van der Waals surface area contributed by atoms with Gasteiger partial charge in [-0.25, -0.2) is 13.1 Å². The van der Waals surface area contributed by atoms with Crippen LogP contribution in [0.3, 0.4) is 0 Å². The van der Waals surface area contributed by atoms with Gasteiger partial charge in [-0.1, -0.05) is 25.6 Å². The highest BCUT2D eigenvalue weighted by molar-refractivity contribution is 7.89. The number of sulfonamides is 1. The number of benzene rings is 1. The van der Waals surface area contributed by atoms with Gasteiger partial charge in [-0.2, -0.15) is 0 Å². The predicted octanol–water partition coefficient (Wildman–Crippen LogP) is 2.99. The van der Waals surface area contributed by atoms with E-state index in [2.05, 4.69) is 35.8 Å². The highest BCUT2D eigenvalue weighted by atomic mass is 32.2. The molecule has 0 unspecified atom stereocenters. The summed E-state index contributed by atoms with van der Waals surface area (Å²) in [5.41, 5.74) is 3.62. The fourth-order valence-corrected chi connectivity index (χ4v) is 3.38. The molecule has 3 nitrogen and oxygen atoms in total.